The monoisotopic (exact) mass is 364 g/mol. The van der Waals surface area contributed by atoms with Crippen molar-refractivity contribution in [2.24, 2.45) is 0 Å². The molecule has 0 spiro atoms. The van der Waals surface area contributed by atoms with E-state index in [1.54, 1.807) is 24.3 Å². The molecule has 2 aromatic rings. The number of ether oxygens (including phenoxy) is 1. The van der Waals surface area contributed by atoms with E-state index in [9.17, 15) is 9.18 Å². The van der Waals surface area contributed by atoms with Crippen LogP contribution in [0.3, 0.4) is 0 Å². The molecule has 0 fully saturated rings. The number of carbonyl (C=O) groups excluding carboxylic acids is 1. The van der Waals surface area contributed by atoms with Crippen molar-refractivity contribution in [2.75, 3.05) is 27.2 Å². The van der Waals surface area contributed by atoms with Gasteiger partial charge in [-0.1, -0.05) is 23.7 Å². The molecular weight excluding hydrogens is 343 g/mol. The third kappa shape index (κ3) is 5.73. The molecule has 0 aliphatic carbocycles. The number of aryl methyl sites for hydroxylation is 1. The third-order valence-electron chi connectivity index (χ3n) is 3.85. The Morgan fingerprint density at radius 1 is 1.28 bits per heavy atom. The van der Waals surface area contributed by atoms with E-state index in [0.717, 1.165) is 11.1 Å². The van der Waals surface area contributed by atoms with E-state index in [-0.39, 0.29) is 24.4 Å². The van der Waals surface area contributed by atoms with Crippen molar-refractivity contribution in [1.29, 1.82) is 0 Å². The van der Waals surface area contributed by atoms with E-state index >= 15 is 0 Å². The van der Waals surface area contributed by atoms with Gasteiger partial charge in [0.15, 0.2) is 6.61 Å². The van der Waals surface area contributed by atoms with Crippen molar-refractivity contribution in [1.82, 2.24) is 10.2 Å². The lowest BCUT2D eigenvalue weighted by molar-refractivity contribution is -0.123. The van der Waals surface area contributed by atoms with Crippen molar-refractivity contribution < 1.29 is 13.9 Å². The fraction of sp³-hybridized carbons (Fsp3) is 0.316. The van der Waals surface area contributed by atoms with Crippen LogP contribution in [0.2, 0.25) is 5.02 Å². The van der Waals surface area contributed by atoms with Gasteiger partial charge in [0.1, 0.15) is 11.6 Å². The highest BCUT2D eigenvalue weighted by Gasteiger charge is 2.16. The quantitative estimate of drug-likeness (QED) is 0.816. The van der Waals surface area contributed by atoms with Crippen LogP contribution in [-0.2, 0) is 4.79 Å². The Labute approximate surface area is 152 Å². The van der Waals surface area contributed by atoms with E-state index < -0.39 is 0 Å². The maximum atomic E-state index is 13.4. The smallest absolute Gasteiger partial charge is 0.258 e. The van der Waals surface area contributed by atoms with Crippen LogP contribution in [0.25, 0.3) is 0 Å². The fourth-order valence-electron chi connectivity index (χ4n) is 2.43. The zero-order chi connectivity index (χ0) is 18.4. The van der Waals surface area contributed by atoms with Gasteiger partial charge in [-0.25, -0.2) is 4.39 Å². The van der Waals surface area contributed by atoms with Gasteiger partial charge in [0, 0.05) is 11.6 Å². The molecule has 1 atom stereocenters. The molecule has 0 saturated heterocycles. The maximum Gasteiger partial charge on any atom is 0.258 e. The van der Waals surface area contributed by atoms with Crippen molar-refractivity contribution >= 4 is 17.5 Å². The second-order valence-electron chi connectivity index (χ2n) is 6.04. The van der Waals surface area contributed by atoms with Gasteiger partial charge in [-0.15, -0.1) is 0 Å². The summed E-state index contributed by atoms with van der Waals surface area (Å²) in [4.78, 5) is 14.0. The lowest BCUT2D eigenvalue weighted by Gasteiger charge is -2.25. The lowest BCUT2D eigenvalue weighted by Crippen LogP contribution is -2.36. The predicted molar refractivity (Wildman–Crippen MR) is 97.5 cm³/mol. The molecule has 0 radical (unpaired) electrons. The van der Waals surface area contributed by atoms with Crippen LogP contribution in [-0.4, -0.2) is 38.1 Å². The Morgan fingerprint density at radius 2 is 2.04 bits per heavy atom. The first kappa shape index (κ1) is 19.2. The van der Waals surface area contributed by atoms with Gasteiger partial charge in [0.2, 0.25) is 0 Å². The average molecular weight is 365 g/mol. The Balaban J connectivity index is 1.89. The van der Waals surface area contributed by atoms with Crippen LogP contribution in [0.1, 0.15) is 17.2 Å². The number of amides is 1. The highest BCUT2D eigenvalue weighted by molar-refractivity contribution is 6.31. The number of benzene rings is 2. The molecule has 0 aliphatic heterocycles. The molecule has 134 valence electrons. The van der Waals surface area contributed by atoms with Gasteiger partial charge >= 0.3 is 0 Å². The summed E-state index contributed by atoms with van der Waals surface area (Å²) in [5.74, 6) is 0.0549. The number of nitrogens with one attached hydrogen (secondary N) is 1. The van der Waals surface area contributed by atoms with E-state index in [2.05, 4.69) is 5.32 Å². The van der Waals surface area contributed by atoms with E-state index in [1.165, 1.54) is 12.1 Å². The minimum Gasteiger partial charge on any atom is -0.484 e. The first-order valence-corrected chi connectivity index (χ1v) is 8.32. The fourth-order valence-corrected chi connectivity index (χ4v) is 2.55. The summed E-state index contributed by atoms with van der Waals surface area (Å²) in [5, 5.41) is 3.48. The number of hydrogen-bond acceptors (Lipinski definition) is 3. The molecule has 25 heavy (non-hydrogen) atoms. The lowest BCUT2D eigenvalue weighted by atomic mass is 10.1. The largest absolute Gasteiger partial charge is 0.484 e. The van der Waals surface area contributed by atoms with Crippen molar-refractivity contribution in [3.05, 3.63) is 64.4 Å². The molecule has 2 rings (SSSR count). The summed E-state index contributed by atoms with van der Waals surface area (Å²) >= 11 is 5.96. The van der Waals surface area contributed by atoms with Crippen LogP contribution in [0.4, 0.5) is 4.39 Å². The standard InChI is InChI=1S/C19H22ClFN2O2/c1-13-9-16(7-8-17(13)20)25-12-19(24)22-11-18(23(2)3)14-5-4-6-15(21)10-14/h4-10,18H,11-12H2,1-3H3,(H,22,24). The molecule has 2 aromatic carbocycles. The minimum atomic E-state index is -0.294. The van der Waals surface area contributed by atoms with E-state index in [1.807, 2.05) is 32.0 Å². The van der Waals surface area contributed by atoms with Gasteiger partial charge in [0.05, 0.1) is 6.04 Å². The first-order chi connectivity index (χ1) is 11.9. The van der Waals surface area contributed by atoms with E-state index in [4.69, 9.17) is 16.3 Å². The maximum absolute atomic E-state index is 13.4. The van der Waals surface area contributed by atoms with Crippen molar-refractivity contribution in [2.45, 2.75) is 13.0 Å². The number of hydrogen-bond donors (Lipinski definition) is 1. The van der Waals surface area contributed by atoms with Crippen LogP contribution >= 0.6 is 11.6 Å². The molecule has 0 aromatic heterocycles. The number of likely N-dealkylation sites (N-methyl/N-ethyl adjacent to an activating group) is 1. The second kappa shape index (κ2) is 8.83. The number of carbonyl (C=O) groups is 1. The summed E-state index contributed by atoms with van der Waals surface area (Å²) < 4.78 is 18.9. The zero-order valence-electron chi connectivity index (χ0n) is 14.6. The summed E-state index contributed by atoms with van der Waals surface area (Å²) in [5.41, 5.74) is 1.69. The summed E-state index contributed by atoms with van der Waals surface area (Å²) in [6.45, 7) is 2.14. The number of nitrogens with zero attached hydrogens (tertiary/aromatic N) is 1. The number of halogens is 2. The SMILES string of the molecule is Cc1cc(OCC(=O)NCC(c2cccc(F)c2)N(C)C)ccc1Cl. The Bertz CT molecular complexity index is 737. The highest BCUT2D eigenvalue weighted by atomic mass is 35.5. The predicted octanol–water partition coefficient (Wildman–Crippen LogP) is 3.59. The van der Waals surface area contributed by atoms with Gasteiger partial charge < -0.3 is 15.0 Å². The molecule has 1 amide bonds. The molecule has 0 aliphatic rings. The van der Waals surface area contributed by atoms with Gasteiger partial charge in [-0.05, 0) is 62.5 Å². The molecule has 1 unspecified atom stereocenters. The van der Waals surface area contributed by atoms with Crippen LogP contribution in [0, 0.1) is 12.7 Å². The summed E-state index contributed by atoms with van der Waals surface area (Å²) in [7, 11) is 3.77. The summed E-state index contributed by atoms with van der Waals surface area (Å²) in [6.07, 6.45) is 0. The zero-order valence-corrected chi connectivity index (χ0v) is 15.3. The van der Waals surface area contributed by atoms with Crippen molar-refractivity contribution in [3.8, 4) is 5.75 Å². The first-order valence-electron chi connectivity index (χ1n) is 7.94. The minimum absolute atomic E-state index is 0.0929. The topological polar surface area (TPSA) is 41.6 Å². The molecule has 0 bridgehead atoms. The molecular formula is C19H22ClFN2O2. The Hall–Kier alpha value is -2.11. The van der Waals surface area contributed by atoms with Crippen LogP contribution in [0.5, 0.6) is 5.75 Å². The van der Waals surface area contributed by atoms with Crippen LogP contribution < -0.4 is 10.1 Å². The Morgan fingerprint density at radius 3 is 2.68 bits per heavy atom. The third-order valence-corrected chi connectivity index (χ3v) is 4.27. The highest BCUT2D eigenvalue weighted by Crippen LogP contribution is 2.21. The van der Waals surface area contributed by atoms with Gasteiger partial charge in [-0.2, -0.15) is 0 Å². The van der Waals surface area contributed by atoms with Crippen LogP contribution in [0.15, 0.2) is 42.5 Å². The molecule has 6 heteroatoms. The molecule has 4 nitrogen and oxygen atoms in total. The average Bonchev–Trinajstić information content (AvgIpc) is 2.56. The molecule has 0 heterocycles. The molecule has 1 N–H and O–H groups in total. The Kier molecular flexibility index (Phi) is 6.79. The van der Waals surface area contributed by atoms with Gasteiger partial charge in [0.25, 0.3) is 5.91 Å². The second-order valence-corrected chi connectivity index (χ2v) is 6.45. The van der Waals surface area contributed by atoms with Gasteiger partial charge in [-0.3, -0.25) is 4.79 Å². The van der Waals surface area contributed by atoms with E-state index in [0.29, 0.717) is 17.3 Å². The van der Waals surface area contributed by atoms with Crippen molar-refractivity contribution in [3.63, 3.8) is 0 Å². The molecule has 0 saturated carbocycles. The number of rotatable bonds is 7. The normalized spacial score (nSPS) is 12.1. The summed E-state index contributed by atoms with van der Waals surface area (Å²) in [6, 6.07) is 11.5.